The van der Waals surface area contributed by atoms with E-state index in [-0.39, 0.29) is 23.8 Å². The third kappa shape index (κ3) is 8.91. The van der Waals surface area contributed by atoms with E-state index in [4.69, 9.17) is 9.47 Å². The Hall–Kier alpha value is -1.10. The van der Waals surface area contributed by atoms with Gasteiger partial charge in [-0.15, -0.1) is 0 Å². The van der Waals surface area contributed by atoms with Gasteiger partial charge in [-0.25, -0.2) is 0 Å². The second-order valence-corrected chi connectivity index (χ2v) is 5.49. The number of carbonyl (C=O) groups excluding carboxylic acids is 2. The molecule has 0 aliphatic heterocycles. The van der Waals surface area contributed by atoms with E-state index in [2.05, 4.69) is 11.8 Å². The van der Waals surface area contributed by atoms with Crippen LogP contribution in [0.15, 0.2) is 0 Å². The number of rotatable bonds is 10. The molecule has 0 aliphatic rings. The Balaban J connectivity index is 3.92. The van der Waals surface area contributed by atoms with Crippen molar-refractivity contribution in [2.75, 3.05) is 32.8 Å². The molecule has 0 aliphatic carbocycles. The van der Waals surface area contributed by atoms with Crippen molar-refractivity contribution < 1.29 is 19.1 Å². The fraction of sp³-hybridized carbons (Fsp3) is 0.867. The quantitative estimate of drug-likeness (QED) is 0.576. The molecule has 0 aromatic carbocycles. The fourth-order valence-electron chi connectivity index (χ4n) is 1.54. The third-order valence-electron chi connectivity index (χ3n) is 2.79. The van der Waals surface area contributed by atoms with Crippen molar-refractivity contribution in [2.24, 2.45) is 11.8 Å². The summed E-state index contributed by atoms with van der Waals surface area (Å²) >= 11 is 0. The lowest BCUT2D eigenvalue weighted by molar-refractivity contribution is -0.148. The highest BCUT2D eigenvalue weighted by Crippen LogP contribution is 1.99. The average Bonchev–Trinajstić information content (AvgIpc) is 2.37. The molecule has 20 heavy (non-hydrogen) atoms. The predicted molar refractivity (Wildman–Crippen MR) is 78.3 cm³/mol. The largest absolute Gasteiger partial charge is 0.464 e. The molecule has 5 nitrogen and oxygen atoms in total. The number of carbonyl (C=O) groups is 2. The van der Waals surface area contributed by atoms with Gasteiger partial charge in [0.15, 0.2) is 0 Å². The van der Waals surface area contributed by atoms with E-state index in [1.807, 2.05) is 27.7 Å². The van der Waals surface area contributed by atoms with E-state index in [1.54, 1.807) is 0 Å². The first kappa shape index (κ1) is 18.9. The van der Waals surface area contributed by atoms with Crippen molar-refractivity contribution in [1.29, 1.82) is 0 Å². The molecule has 0 spiro atoms. The lowest BCUT2D eigenvalue weighted by atomic mass is 10.2. The minimum absolute atomic E-state index is 0.0957. The minimum atomic E-state index is -0.173. The van der Waals surface area contributed by atoms with Crippen LogP contribution in [0.25, 0.3) is 0 Å². The molecule has 0 unspecified atom stereocenters. The fourth-order valence-corrected chi connectivity index (χ4v) is 1.54. The van der Waals surface area contributed by atoms with Crippen LogP contribution in [0.5, 0.6) is 0 Å². The number of hydrogen-bond acceptors (Lipinski definition) is 5. The Morgan fingerprint density at radius 1 is 0.850 bits per heavy atom. The molecular weight excluding hydrogens is 258 g/mol. The average molecular weight is 287 g/mol. The highest BCUT2D eigenvalue weighted by Gasteiger charge is 2.11. The first-order valence-electron chi connectivity index (χ1n) is 7.44. The molecule has 0 aromatic heterocycles. The summed E-state index contributed by atoms with van der Waals surface area (Å²) in [7, 11) is 0. The molecule has 0 saturated carbocycles. The maximum atomic E-state index is 11.4. The van der Waals surface area contributed by atoms with Crippen LogP contribution in [-0.4, -0.2) is 49.7 Å². The first-order valence-corrected chi connectivity index (χ1v) is 7.44. The van der Waals surface area contributed by atoms with Crippen LogP contribution in [0.2, 0.25) is 0 Å². The predicted octanol–water partition coefficient (Wildman–Crippen LogP) is 2.10. The van der Waals surface area contributed by atoms with E-state index in [0.29, 0.717) is 26.3 Å². The summed E-state index contributed by atoms with van der Waals surface area (Å²) in [6.45, 7) is 12.4. The van der Waals surface area contributed by atoms with Gasteiger partial charge in [0.25, 0.3) is 0 Å². The molecule has 0 radical (unpaired) electrons. The van der Waals surface area contributed by atoms with Crippen LogP contribution in [0.1, 0.15) is 41.0 Å². The van der Waals surface area contributed by atoms with Gasteiger partial charge in [0.1, 0.15) is 13.2 Å². The summed E-state index contributed by atoms with van der Waals surface area (Å²) in [4.78, 5) is 24.8. The van der Waals surface area contributed by atoms with Gasteiger partial charge in [-0.1, -0.05) is 34.6 Å². The molecule has 5 heteroatoms. The van der Waals surface area contributed by atoms with Crippen LogP contribution < -0.4 is 0 Å². The number of ether oxygens (including phenoxy) is 2. The Morgan fingerprint density at radius 2 is 1.25 bits per heavy atom. The molecule has 0 bridgehead atoms. The summed E-state index contributed by atoms with van der Waals surface area (Å²) in [6, 6.07) is 0. The molecule has 0 aromatic rings. The minimum Gasteiger partial charge on any atom is -0.464 e. The molecule has 0 saturated heterocycles. The number of nitrogens with zero attached hydrogens (tertiary/aromatic N) is 1. The Kier molecular flexibility index (Phi) is 10.1. The van der Waals surface area contributed by atoms with Crippen molar-refractivity contribution in [3.63, 3.8) is 0 Å². The Labute approximate surface area is 122 Å². The summed E-state index contributed by atoms with van der Waals surface area (Å²) in [6.07, 6.45) is 1.01. The van der Waals surface area contributed by atoms with Gasteiger partial charge in [0, 0.05) is 13.1 Å². The zero-order valence-electron chi connectivity index (χ0n) is 13.5. The lowest BCUT2D eigenvalue weighted by Crippen LogP contribution is -2.33. The normalized spacial score (nSPS) is 11.2. The van der Waals surface area contributed by atoms with Crippen LogP contribution >= 0.6 is 0 Å². The molecule has 0 amide bonds. The van der Waals surface area contributed by atoms with Crippen molar-refractivity contribution in [3.8, 4) is 0 Å². The zero-order valence-corrected chi connectivity index (χ0v) is 13.5. The van der Waals surface area contributed by atoms with E-state index in [1.165, 1.54) is 0 Å². The summed E-state index contributed by atoms with van der Waals surface area (Å²) < 4.78 is 10.3. The van der Waals surface area contributed by atoms with E-state index in [9.17, 15) is 9.59 Å². The lowest BCUT2D eigenvalue weighted by Gasteiger charge is -2.21. The Morgan fingerprint density at radius 3 is 1.55 bits per heavy atom. The molecular formula is C15H29NO4. The van der Waals surface area contributed by atoms with Gasteiger partial charge in [0.05, 0.1) is 11.8 Å². The van der Waals surface area contributed by atoms with Crippen LogP contribution in [0.3, 0.4) is 0 Å². The highest BCUT2D eigenvalue weighted by atomic mass is 16.5. The van der Waals surface area contributed by atoms with Crippen LogP contribution in [0, 0.1) is 11.8 Å². The molecule has 0 heterocycles. The smallest absolute Gasteiger partial charge is 0.308 e. The first-order chi connectivity index (χ1) is 9.38. The van der Waals surface area contributed by atoms with Gasteiger partial charge in [-0.05, 0) is 13.0 Å². The number of hydrogen-bond donors (Lipinski definition) is 0. The monoisotopic (exact) mass is 287 g/mol. The topological polar surface area (TPSA) is 55.8 Å². The van der Waals surface area contributed by atoms with Crippen molar-refractivity contribution in [3.05, 3.63) is 0 Å². The maximum absolute atomic E-state index is 11.4. The highest BCUT2D eigenvalue weighted by molar-refractivity contribution is 5.71. The molecule has 118 valence electrons. The third-order valence-corrected chi connectivity index (χ3v) is 2.79. The van der Waals surface area contributed by atoms with E-state index < -0.39 is 0 Å². The molecule has 0 rings (SSSR count). The summed E-state index contributed by atoms with van der Waals surface area (Å²) in [5.41, 5.74) is 0. The van der Waals surface area contributed by atoms with Gasteiger partial charge in [-0.3, -0.25) is 14.5 Å². The maximum Gasteiger partial charge on any atom is 0.308 e. The van der Waals surface area contributed by atoms with Crippen molar-refractivity contribution >= 4 is 11.9 Å². The van der Waals surface area contributed by atoms with Gasteiger partial charge in [0.2, 0.25) is 0 Å². The summed E-state index contributed by atoms with van der Waals surface area (Å²) in [5.74, 6) is -0.538. The second kappa shape index (κ2) is 10.7. The van der Waals surface area contributed by atoms with Crippen molar-refractivity contribution in [1.82, 2.24) is 4.90 Å². The van der Waals surface area contributed by atoms with Gasteiger partial charge < -0.3 is 9.47 Å². The molecule has 0 fully saturated rings. The molecule has 0 atom stereocenters. The Bertz CT molecular complexity index is 264. The number of esters is 2. The molecule has 0 N–H and O–H groups in total. The van der Waals surface area contributed by atoms with Crippen molar-refractivity contribution in [2.45, 2.75) is 41.0 Å². The SMILES string of the molecule is CCCN(CCOC(=O)C(C)C)CCOC(=O)C(C)C. The van der Waals surface area contributed by atoms with Gasteiger partial charge in [-0.2, -0.15) is 0 Å². The van der Waals surface area contributed by atoms with Crippen LogP contribution in [-0.2, 0) is 19.1 Å². The van der Waals surface area contributed by atoms with E-state index >= 15 is 0 Å². The van der Waals surface area contributed by atoms with E-state index in [0.717, 1.165) is 13.0 Å². The van der Waals surface area contributed by atoms with Gasteiger partial charge >= 0.3 is 11.9 Å². The standard InChI is InChI=1S/C15H29NO4/c1-6-7-16(8-10-19-14(17)12(2)3)9-11-20-15(18)13(4)5/h12-13H,6-11H2,1-5H3. The summed E-state index contributed by atoms with van der Waals surface area (Å²) in [5, 5.41) is 0. The zero-order chi connectivity index (χ0) is 15.5. The second-order valence-electron chi connectivity index (χ2n) is 5.49. The van der Waals surface area contributed by atoms with Crippen LogP contribution in [0.4, 0.5) is 0 Å².